The quantitative estimate of drug-likeness (QED) is 0.587. The van der Waals surface area contributed by atoms with Crippen molar-refractivity contribution < 1.29 is 0 Å². The van der Waals surface area contributed by atoms with E-state index in [0.29, 0.717) is 11.3 Å². The second-order valence-electron chi connectivity index (χ2n) is 4.63. The zero-order valence-electron chi connectivity index (χ0n) is 9.57. The summed E-state index contributed by atoms with van der Waals surface area (Å²) in [6.45, 7) is 9.49. The normalized spacial score (nSPS) is 27.6. The molecule has 0 aromatic heterocycles. The van der Waals surface area contributed by atoms with E-state index in [9.17, 15) is 0 Å². The van der Waals surface area contributed by atoms with Crippen molar-refractivity contribution in [1.82, 2.24) is 4.90 Å². The second-order valence-corrected chi connectivity index (χ2v) is 6.22. The Hall–Kier alpha value is 0.660. The van der Waals surface area contributed by atoms with Crippen molar-refractivity contribution in [3.63, 3.8) is 0 Å². The van der Waals surface area contributed by atoms with Crippen LogP contribution in [0.3, 0.4) is 0 Å². The van der Waals surface area contributed by atoms with Crippen molar-refractivity contribution in [2.45, 2.75) is 51.3 Å². The highest BCUT2D eigenvalue weighted by atomic mass is 33.1. The zero-order valence-corrected chi connectivity index (χ0v) is 11.3. The lowest BCUT2D eigenvalue weighted by Crippen LogP contribution is -2.31. The fourth-order valence-electron chi connectivity index (χ4n) is 2.22. The van der Waals surface area contributed by atoms with E-state index in [-0.39, 0.29) is 0 Å². The monoisotopic (exact) mass is 233 g/mol. The van der Waals surface area contributed by atoms with Gasteiger partial charge in [0.2, 0.25) is 0 Å². The van der Waals surface area contributed by atoms with Gasteiger partial charge in [0.15, 0.2) is 0 Å². The molecule has 2 unspecified atom stereocenters. The second kappa shape index (κ2) is 6.29. The third-order valence-electron chi connectivity index (χ3n) is 3.37. The van der Waals surface area contributed by atoms with Crippen LogP contribution < -0.4 is 0 Å². The first-order valence-corrected chi connectivity index (χ1v) is 7.62. The van der Waals surface area contributed by atoms with Crippen molar-refractivity contribution in [2.24, 2.45) is 5.92 Å². The van der Waals surface area contributed by atoms with Gasteiger partial charge in [-0.05, 0) is 52.1 Å². The molecular formula is C11H23NS2. The molecule has 0 N–H and O–H groups in total. The number of likely N-dealkylation sites (tertiary alicyclic amines) is 1. The number of nitrogens with zero attached hydrogens (tertiary/aromatic N) is 1. The summed E-state index contributed by atoms with van der Waals surface area (Å²) in [5.41, 5.74) is 0. The first kappa shape index (κ1) is 12.7. The summed E-state index contributed by atoms with van der Waals surface area (Å²) < 4.78 is 0. The minimum Gasteiger partial charge on any atom is -0.301 e. The highest BCUT2D eigenvalue weighted by Crippen LogP contribution is 2.30. The highest BCUT2D eigenvalue weighted by Gasteiger charge is 2.22. The maximum atomic E-state index is 4.33. The maximum absolute atomic E-state index is 4.33. The molecule has 1 aliphatic heterocycles. The van der Waals surface area contributed by atoms with Gasteiger partial charge in [0.25, 0.3) is 0 Å². The van der Waals surface area contributed by atoms with Crippen LogP contribution in [-0.4, -0.2) is 29.3 Å². The van der Waals surface area contributed by atoms with Crippen molar-refractivity contribution in [2.75, 3.05) is 13.1 Å². The van der Waals surface area contributed by atoms with Gasteiger partial charge in [-0.2, -0.15) is 0 Å². The molecule has 1 heterocycles. The third-order valence-corrected chi connectivity index (χ3v) is 5.08. The van der Waals surface area contributed by atoms with Gasteiger partial charge >= 0.3 is 0 Å². The number of thiol groups is 1. The van der Waals surface area contributed by atoms with Gasteiger partial charge in [0, 0.05) is 11.3 Å². The Morgan fingerprint density at radius 2 is 1.93 bits per heavy atom. The van der Waals surface area contributed by atoms with Crippen LogP contribution in [0, 0.1) is 5.92 Å². The topological polar surface area (TPSA) is 3.24 Å². The molecule has 84 valence electrons. The molecule has 1 nitrogen and oxygen atoms in total. The van der Waals surface area contributed by atoms with Gasteiger partial charge in [-0.25, -0.2) is 0 Å². The third kappa shape index (κ3) is 3.67. The molecule has 0 amide bonds. The molecule has 1 saturated heterocycles. The molecule has 0 aromatic carbocycles. The number of hydrogen-bond donors (Lipinski definition) is 1. The van der Waals surface area contributed by atoms with Crippen LogP contribution in [0.2, 0.25) is 0 Å². The lowest BCUT2D eigenvalue weighted by Gasteiger charge is -2.25. The Morgan fingerprint density at radius 1 is 1.21 bits per heavy atom. The summed E-state index contributed by atoms with van der Waals surface area (Å²) >= 11 is 4.33. The molecule has 1 fully saturated rings. The van der Waals surface area contributed by atoms with E-state index in [4.69, 9.17) is 0 Å². The molecule has 0 aromatic rings. The van der Waals surface area contributed by atoms with Crippen LogP contribution >= 0.6 is 22.5 Å². The minimum atomic E-state index is 0.713. The molecule has 3 heteroatoms. The van der Waals surface area contributed by atoms with E-state index in [1.54, 1.807) is 10.8 Å². The molecule has 2 atom stereocenters. The van der Waals surface area contributed by atoms with Crippen LogP contribution in [0.5, 0.6) is 0 Å². The van der Waals surface area contributed by atoms with Crippen molar-refractivity contribution >= 4 is 22.5 Å². The van der Waals surface area contributed by atoms with E-state index >= 15 is 0 Å². The van der Waals surface area contributed by atoms with Crippen molar-refractivity contribution in [1.29, 1.82) is 0 Å². The van der Waals surface area contributed by atoms with Crippen LogP contribution in [0.15, 0.2) is 0 Å². The Labute approximate surface area is 97.8 Å². The molecule has 1 rings (SSSR count). The summed E-state index contributed by atoms with van der Waals surface area (Å²) in [7, 11) is 1.73. The zero-order chi connectivity index (χ0) is 10.6. The number of rotatable bonds is 3. The van der Waals surface area contributed by atoms with Crippen molar-refractivity contribution in [3.8, 4) is 0 Å². The summed E-state index contributed by atoms with van der Waals surface area (Å²) in [4.78, 5) is 2.61. The first-order chi connectivity index (χ1) is 6.65. The standard InChI is InChI=1S/C11H23NS2/c1-9(2)12-7-4-5-11(6-8-12)10(3)14-13/h9-11,13H,4-8H2,1-3H3. The van der Waals surface area contributed by atoms with E-state index in [2.05, 4.69) is 37.3 Å². The Bertz CT molecular complexity index is 161. The highest BCUT2D eigenvalue weighted by molar-refractivity contribution is 8.68. The molecule has 0 radical (unpaired) electrons. The van der Waals surface area contributed by atoms with Gasteiger partial charge in [-0.3, -0.25) is 0 Å². The fraction of sp³-hybridized carbons (Fsp3) is 1.00. The summed E-state index contributed by atoms with van der Waals surface area (Å²) in [5, 5.41) is 0.713. The Kier molecular flexibility index (Phi) is 5.72. The summed E-state index contributed by atoms with van der Waals surface area (Å²) in [6.07, 6.45) is 4.10. The van der Waals surface area contributed by atoms with Gasteiger partial charge in [0.1, 0.15) is 0 Å². The summed E-state index contributed by atoms with van der Waals surface area (Å²) in [6, 6.07) is 0.715. The average molecular weight is 233 g/mol. The predicted octanol–water partition coefficient (Wildman–Crippen LogP) is 3.46. The van der Waals surface area contributed by atoms with Gasteiger partial charge in [-0.15, -0.1) is 11.7 Å². The molecule has 0 saturated carbocycles. The van der Waals surface area contributed by atoms with Crippen molar-refractivity contribution in [3.05, 3.63) is 0 Å². The molecular weight excluding hydrogens is 210 g/mol. The largest absolute Gasteiger partial charge is 0.301 e. The van der Waals surface area contributed by atoms with Crippen LogP contribution in [0.25, 0.3) is 0 Å². The van der Waals surface area contributed by atoms with E-state index in [0.717, 1.165) is 5.92 Å². The van der Waals surface area contributed by atoms with E-state index < -0.39 is 0 Å². The molecule has 0 bridgehead atoms. The fourth-order valence-corrected chi connectivity index (χ4v) is 3.18. The van der Waals surface area contributed by atoms with Gasteiger partial charge in [-0.1, -0.05) is 17.7 Å². The van der Waals surface area contributed by atoms with E-state index in [1.807, 2.05) is 0 Å². The molecule has 1 aliphatic rings. The van der Waals surface area contributed by atoms with Crippen LogP contribution in [-0.2, 0) is 0 Å². The van der Waals surface area contributed by atoms with Gasteiger partial charge < -0.3 is 4.90 Å². The summed E-state index contributed by atoms with van der Waals surface area (Å²) in [5.74, 6) is 0.876. The average Bonchev–Trinajstić information content (AvgIpc) is 2.41. The Balaban J connectivity index is 2.40. The molecule has 14 heavy (non-hydrogen) atoms. The molecule has 0 aliphatic carbocycles. The van der Waals surface area contributed by atoms with Gasteiger partial charge in [0.05, 0.1) is 0 Å². The lowest BCUT2D eigenvalue weighted by atomic mass is 9.98. The predicted molar refractivity (Wildman–Crippen MR) is 70.1 cm³/mol. The first-order valence-electron chi connectivity index (χ1n) is 5.69. The maximum Gasteiger partial charge on any atom is 0.0149 e. The lowest BCUT2D eigenvalue weighted by molar-refractivity contribution is 0.228. The minimum absolute atomic E-state index is 0.713. The van der Waals surface area contributed by atoms with Crippen LogP contribution in [0.4, 0.5) is 0 Å². The Morgan fingerprint density at radius 3 is 2.50 bits per heavy atom. The smallest absolute Gasteiger partial charge is 0.0149 e. The molecule has 0 spiro atoms. The van der Waals surface area contributed by atoms with Crippen LogP contribution in [0.1, 0.15) is 40.0 Å². The van der Waals surface area contributed by atoms with E-state index in [1.165, 1.54) is 32.4 Å². The SMILES string of the molecule is CC(SS)C1CCCN(C(C)C)CC1. The number of hydrogen-bond acceptors (Lipinski definition) is 3.